The molecule has 1 aliphatic rings. The van der Waals surface area contributed by atoms with Crippen LogP contribution in [0.25, 0.3) is 0 Å². The Morgan fingerprint density at radius 3 is 3.00 bits per heavy atom. The molecule has 4 heteroatoms. The number of ether oxygens (including phenoxy) is 1. The van der Waals surface area contributed by atoms with Gasteiger partial charge in [0, 0.05) is 6.42 Å². The number of ketones is 1. The van der Waals surface area contributed by atoms with E-state index in [1.54, 1.807) is 18.3 Å². The molecule has 1 aromatic heterocycles. The average Bonchev–Trinajstić information content (AvgIpc) is 2.20. The van der Waals surface area contributed by atoms with E-state index in [9.17, 15) is 4.79 Å². The van der Waals surface area contributed by atoms with Crippen molar-refractivity contribution in [3.8, 4) is 0 Å². The summed E-state index contributed by atoms with van der Waals surface area (Å²) in [7, 11) is 0. The lowest BCUT2D eigenvalue weighted by atomic mass is 9.96. The van der Waals surface area contributed by atoms with E-state index in [1.165, 1.54) is 0 Å². The molecule has 0 radical (unpaired) electrons. The lowest BCUT2D eigenvalue weighted by Gasteiger charge is -2.20. The fourth-order valence-electron chi connectivity index (χ4n) is 1.51. The number of nitrogens with zero attached hydrogens (tertiary/aromatic N) is 1. The SMILES string of the molecule is Nc1ccc(C2COCCC2=O)nc1. The summed E-state index contributed by atoms with van der Waals surface area (Å²) in [5.74, 6) is -0.00197. The Kier molecular flexibility index (Phi) is 2.45. The van der Waals surface area contributed by atoms with Crippen molar-refractivity contribution in [3.05, 3.63) is 24.0 Å². The van der Waals surface area contributed by atoms with Crippen molar-refractivity contribution >= 4 is 11.5 Å². The molecule has 1 atom stereocenters. The van der Waals surface area contributed by atoms with Crippen LogP contribution in [0.2, 0.25) is 0 Å². The van der Waals surface area contributed by atoms with E-state index in [0.29, 0.717) is 25.3 Å². The van der Waals surface area contributed by atoms with Crippen LogP contribution in [-0.2, 0) is 9.53 Å². The Labute approximate surface area is 82.1 Å². The van der Waals surface area contributed by atoms with Crippen LogP contribution in [0.5, 0.6) is 0 Å². The summed E-state index contributed by atoms with van der Waals surface area (Å²) in [6.45, 7) is 0.972. The first kappa shape index (κ1) is 9.15. The third kappa shape index (κ3) is 1.75. The highest BCUT2D eigenvalue weighted by molar-refractivity contribution is 5.86. The van der Waals surface area contributed by atoms with E-state index in [4.69, 9.17) is 10.5 Å². The molecule has 2 heterocycles. The number of carbonyl (C=O) groups is 1. The van der Waals surface area contributed by atoms with Crippen molar-refractivity contribution in [2.45, 2.75) is 12.3 Å². The maximum atomic E-state index is 11.5. The van der Waals surface area contributed by atoms with Gasteiger partial charge in [-0.15, -0.1) is 0 Å². The second-order valence-corrected chi connectivity index (χ2v) is 3.36. The molecule has 0 saturated carbocycles. The Balaban J connectivity index is 2.20. The van der Waals surface area contributed by atoms with Gasteiger partial charge in [-0.1, -0.05) is 0 Å². The summed E-state index contributed by atoms with van der Waals surface area (Å²) in [6.07, 6.45) is 2.05. The molecule has 0 bridgehead atoms. The van der Waals surface area contributed by atoms with Gasteiger partial charge < -0.3 is 10.5 Å². The number of Topliss-reactive ketones (excluding diaryl/α,β-unsaturated/α-hetero) is 1. The molecular formula is C10H12N2O2. The summed E-state index contributed by atoms with van der Waals surface area (Å²) < 4.78 is 5.25. The number of anilines is 1. The Bertz CT molecular complexity index is 334. The minimum absolute atomic E-state index is 0.202. The number of nitrogen functional groups attached to an aromatic ring is 1. The summed E-state index contributed by atoms with van der Waals surface area (Å²) in [6, 6.07) is 3.54. The van der Waals surface area contributed by atoms with Crippen LogP contribution in [0.3, 0.4) is 0 Å². The van der Waals surface area contributed by atoms with Gasteiger partial charge in [0.15, 0.2) is 0 Å². The van der Waals surface area contributed by atoms with Gasteiger partial charge in [-0.05, 0) is 12.1 Å². The van der Waals surface area contributed by atoms with Gasteiger partial charge in [0.1, 0.15) is 5.78 Å². The average molecular weight is 192 g/mol. The molecule has 0 spiro atoms. The van der Waals surface area contributed by atoms with Crippen molar-refractivity contribution in [1.82, 2.24) is 4.98 Å². The number of carbonyl (C=O) groups excluding carboxylic acids is 1. The highest BCUT2D eigenvalue weighted by atomic mass is 16.5. The predicted molar refractivity (Wildman–Crippen MR) is 51.8 cm³/mol. The number of nitrogens with two attached hydrogens (primary N) is 1. The molecule has 1 aliphatic heterocycles. The molecule has 74 valence electrons. The van der Waals surface area contributed by atoms with Crippen molar-refractivity contribution < 1.29 is 9.53 Å². The molecule has 2 N–H and O–H groups in total. The van der Waals surface area contributed by atoms with Crippen LogP contribution in [0.4, 0.5) is 5.69 Å². The van der Waals surface area contributed by atoms with Crippen LogP contribution in [0.1, 0.15) is 18.0 Å². The van der Waals surface area contributed by atoms with Gasteiger partial charge in [-0.2, -0.15) is 0 Å². The molecule has 0 amide bonds. The second kappa shape index (κ2) is 3.75. The molecule has 1 unspecified atom stereocenters. The minimum atomic E-state index is -0.204. The summed E-state index contributed by atoms with van der Waals surface area (Å²) in [5, 5.41) is 0. The zero-order valence-corrected chi connectivity index (χ0v) is 7.77. The summed E-state index contributed by atoms with van der Waals surface area (Å²) in [5.41, 5.74) is 6.87. The molecule has 1 aromatic rings. The standard InChI is InChI=1S/C10H12N2O2/c11-7-1-2-9(12-5-7)8-6-14-4-3-10(8)13/h1-2,5,8H,3-4,6,11H2. The number of rotatable bonds is 1. The van der Waals surface area contributed by atoms with Gasteiger partial charge in [0.25, 0.3) is 0 Å². The fraction of sp³-hybridized carbons (Fsp3) is 0.400. The molecule has 1 saturated heterocycles. The topological polar surface area (TPSA) is 65.2 Å². The highest BCUT2D eigenvalue weighted by Crippen LogP contribution is 2.20. The van der Waals surface area contributed by atoms with Gasteiger partial charge in [-0.25, -0.2) is 0 Å². The van der Waals surface area contributed by atoms with E-state index >= 15 is 0 Å². The maximum absolute atomic E-state index is 11.5. The molecule has 4 nitrogen and oxygen atoms in total. The van der Waals surface area contributed by atoms with Crippen LogP contribution in [0, 0.1) is 0 Å². The van der Waals surface area contributed by atoms with E-state index in [0.717, 1.165) is 5.69 Å². The quantitative estimate of drug-likeness (QED) is 0.712. The van der Waals surface area contributed by atoms with Crippen LogP contribution < -0.4 is 5.73 Å². The first-order chi connectivity index (χ1) is 6.77. The lowest BCUT2D eigenvalue weighted by molar-refractivity contribution is -0.126. The number of pyridine rings is 1. The molecule has 0 aliphatic carbocycles. The predicted octanol–water partition coefficient (Wildman–Crippen LogP) is 0.737. The summed E-state index contributed by atoms with van der Waals surface area (Å²) >= 11 is 0. The number of aromatic nitrogens is 1. The van der Waals surface area contributed by atoms with Crippen molar-refractivity contribution in [1.29, 1.82) is 0 Å². The van der Waals surface area contributed by atoms with E-state index < -0.39 is 0 Å². The first-order valence-corrected chi connectivity index (χ1v) is 4.59. The largest absolute Gasteiger partial charge is 0.397 e. The number of hydrogen-bond acceptors (Lipinski definition) is 4. The first-order valence-electron chi connectivity index (χ1n) is 4.59. The Morgan fingerprint density at radius 1 is 1.50 bits per heavy atom. The molecular weight excluding hydrogens is 180 g/mol. The van der Waals surface area contributed by atoms with Crippen molar-refractivity contribution in [3.63, 3.8) is 0 Å². The van der Waals surface area contributed by atoms with Crippen molar-refractivity contribution in [2.75, 3.05) is 18.9 Å². The smallest absolute Gasteiger partial charge is 0.146 e. The Morgan fingerprint density at radius 2 is 2.36 bits per heavy atom. The zero-order valence-electron chi connectivity index (χ0n) is 7.77. The molecule has 14 heavy (non-hydrogen) atoms. The number of hydrogen-bond donors (Lipinski definition) is 1. The van der Waals surface area contributed by atoms with Gasteiger partial charge in [0.05, 0.1) is 36.7 Å². The monoisotopic (exact) mass is 192 g/mol. The van der Waals surface area contributed by atoms with E-state index in [-0.39, 0.29) is 11.7 Å². The normalized spacial score (nSPS) is 22.3. The molecule has 1 fully saturated rings. The van der Waals surface area contributed by atoms with Gasteiger partial charge in [0.2, 0.25) is 0 Å². The fourth-order valence-corrected chi connectivity index (χ4v) is 1.51. The third-order valence-electron chi connectivity index (χ3n) is 2.33. The van der Waals surface area contributed by atoms with Crippen LogP contribution in [0.15, 0.2) is 18.3 Å². The Hall–Kier alpha value is -1.42. The van der Waals surface area contributed by atoms with Gasteiger partial charge >= 0.3 is 0 Å². The third-order valence-corrected chi connectivity index (χ3v) is 2.33. The lowest BCUT2D eigenvalue weighted by Crippen LogP contribution is -2.26. The van der Waals surface area contributed by atoms with Crippen LogP contribution in [-0.4, -0.2) is 24.0 Å². The van der Waals surface area contributed by atoms with E-state index in [2.05, 4.69) is 4.98 Å². The highest BCUT2D eigenvalue weighted by Gasteiger charge is 2.25. The summed E-state index contributed by atoms with van der Waals surface area (Å²) in [4.78, 5) is 15.7. The maximum Gasteiger partial charge on any atom is 0.146 e. The zero-order chi connectivity index (χ0) is 9.97. The van der Waals surface area contributed by atoms with E-state index in [1.807, 2.05) is 0 Å². The van der Waals surface area contributed by atoms with Crippen molar-refractivity contribution in [2.24, 2.45) is 0 Å². The minimum Gasteiger partial charge on any atom is -0.397 e. The molecule has 2 rings (SSSR count). The van der Waals surface area contributed by atoms with Gasteiger partial charge in [-0.3, -0.25) is 9.78 Å². The van der Waals surface area contributed by atoms with Crippen LogP contribution >= 0.6 is 0 Å². The second-order valence-electron chi connectivity index (χ2n) is 3.36. The molecule has 0 aromatic carbocycles.